The van der Waals surface area contributed by atoms with E-state index in [2.05, 4.69) is 10.6 Å². The van der Waals surface area contributed by atoms with Gasteiger partial charge in [-0.2, -0.15) is 0 Å². The minimum atomic E-state index is -0.210. The molecule has 0 aliphatic heterocycles. The van der Waals surface area contributed by atoms with E-state index in [1.165, 1.54) is 0 Å². The smallest absolute Gasteiger partial charge is 0.315 e. The third kappa shape index (κ3) is 3.77. The number of allylic oxidation sites excluding steroid dienone is 1. The topological polar surface area (TPSA) is 41.1 Å². The Kier molecular flexibility index (Phi) is 4.58. The molecule has 2 N–H and O–H groups in total. The molecule has 0 saturated heterocycles. The number of urea groups is 1. The van der Waals surface area contributed by atoms with Gasteiger partial charge in [0.2, 0.25) is 0 Å². The van der Waals surface area contributed by atoms with Gasteiger partial charge in [-0.05, 0) is 37.5 Å². The highest BCUT2D eigenvalue weighted by molar-refractivity contribution is 5.90. The number of rotatable bonds is 3. The van der Waals surface area contributed by atoms with E-state index >= 15 is 0 Å². The van der Waals surface area contributed by atoms with Crippen molar-refractivity contribution in [1.82, 2.24) is 5.32 Å². The number of nitrogens with one attached hydrogen (secondary N) is 2. The van der Waals surface area contributed by atoms with Gasteiger partial charge in [-0.15, -0.1) is 0 Å². The van der Waals surface area contributed by atoms with Crippen LogP contribution in [0.4, 0.5) is 10.5 Å². The van der Waals surface area contributed by atoms with E-state index in [0.717, 1.165) is 23.2 Å². The molecule has 0 fully saturated rings. The second-order valence-corrected chi connectivity index (χ2v) is 3.73. The van der Waals surface area contributed by atoms with Crippen LogP contribution in [-0.2, 0) is 0 Å². The van der Waals surface area contributed by atoms with Crippen molar-refractivity contribution in [2.24, 2.45) is 0 Å². The van der Waals surface area contributed by atoms with Crippen LogP contribution in [-0.4, -0.2) is 6.03 Å². The molecule has 3 nitrogen and oxygen atoms in total. The summed E-state index contributed by atoms with van der Waals surface area (Å²) in [6, 6.07) is 5.76. The van der Waals surface area contributed by atoms with E-state index in [0.29, 0.717) is 0 Å². The van der Waals surface area contributed by atoms with Crippen molar-refractivity contribution in [2.45, 2.75) is 27.2 Å². The maximum absolute atomic E-state index is 11.5. The third-order valence-electron chi connectivity index (χ3n) is 2.21. The number of anilines is 1. The molecule has 2 amide bonds. The van der Waals surface area contributed by atoms with Crippen molar-refractivity contribution in [3.8, 4) is 0 Å². The monoisotopic (exact) mass is 218 g/mol. The molecule has 0 spiro atoms. The fraction of sp³-hybridized carbons (Fsp3) is 0.308. The summed E-state index contributed by atoms with van der Waals surface area (Å²) in [4.78, 5) is 11.5. The first-order valence-electron chi connectivity index (χ1n) is 5.43. The van der Waals surface area contributed by atoms with Crippen molar-refractivity contribution < 1.29 is 4.79 Å². The predicted molar refractivity (Wildman–Crippen MR) is 67.5 cm³/mol. The summed E-state index contributed by atoms with van der Waals surface area (Å²) < 4.78 is 0. The molecular weight excluding hydrogens is 200 g/mol. The maximum atomic E-state index is 11.5. The van der Waals surface area contributed by atoms with Crippen LogP contribution in [0.25, 0.3) is 0 Å². The summed E-state index contributed by atoms with van der Waals surface area (Å²) in [6.07, 6.45) is 4.45. The molecule has 0 atom stereocenters. The Bertz CT molecular complexity index is 397. The molecule has 0 aliphatic carbocycles. The molecule has 1 aromatic rings. The Balaban J connectivity index is 2.62. The Morgan fingerprint density at radius 2 is 2.12 bits per heavy atom. The number of amides is 2. The van der Waals surface area contributed by atoms with Crippen molar-refractivity contribution in [1.29, 1.82) is 0 Å². The van der Waals surface area contributed by atoms with E-state index in [1.807, 2.05) is 45.0 Å². The molecule has 0 radical (unpaired) electrons. The molecule has 0 unspecified atom stereocenters. The fourth-order valence-corrected chi connectivity index (χ4v) is 1.28. The first-order chi connectivity index (χ1) is 7.63. The molecule has 16 heavy (non-hydrogen) atoms. The number of hydrogen-bond donors (Lipinski definition) is 2. The molecular formula is C13H18N2O. The lowest BCUT2D eigenvalue weighted by atomic mass is 10.1. The van der Waals surface area contributed by atoms with Crippen LogP contribution in [0, 0.1) is 13.8 Å². The standard InChI is InChI=1S/C13H18N2O/c1-4-5-8-14-13(16)15-12-9-10(2)6-7-11(12)3/h5-9H,4H2,1-3H3,(H2,14,15,16)/b8-5+. The summed E-state index contributed by atoms with van der Waals surface area (Å²) in [7, 11) is 0. The molecule has 1 rings (SSSR count). The zero-order valence-electron chi connectivity index (χ0n) is 10.0. The molecule has 0 heterocycles. The number of hydrogen-bond acceptors (Lipinski definition) is 1. The summed E-state index contributed by atoms with van der Waals surface area (Å²) in [5.41, 5.74) is 3.03. The van der Waals surface area contributed by atoms with Gasteiger partial charge in [-0.1, -0.05) is 25.1 Å². The molecule has 0 aliphatic rings. The second kappa shape index (κ2) is 5.95. The summed E-state index contributed by atoms with van der Waals surface area (Å²) in [5, 5.41) is 5.46. The molecule has 0 saturated carbocycles. The van der Waals surface area contributed by atoms with Crippen LogP contribution in [0.15, 0.2) is 30.5 Å². The number of carbonyl (C=O) groups is 1. The summed E-state index contributed by atoms with van der Waals surface area (Å²) >= 11 is 0. The van der Waals surface area contributed by atoms with E-state index in [4.69, 9.17) is 0 Å². The maximum Gasteiger partial charge on any atom is 0.323 e. The van der Waals surface area contributed by atoms with Gasteiger partial charge in [0.1, 0.15) is 0 Å². The normalized spacial score (nSPS) is 10.4. The van der Waals surface area contributed by atoms with Gasteiger partial charge in [-0.3, -0.25) is 0 Å². The minimum absolute atomic E-state index is 0.210. The number of aryl methyl sites for hydroxylation is 2. The lowest BCUT2D eigenvalue weighted by Crippen LogP contribution is -2.24. The Morgan fingerprint density at radius 1 is 1.38 bits per heavy atom. The van der Waals surface area contributed by atoms with Gasteiger partial charge in [0.15, 0.2) is 0 Å². The van der Waals surface area contributed by atoms with Crippen LogP contribution in [0.1, 0.15) is 24.5 Å². The second-order valence-electron chi connectivity index (χ2n) is 3.73. The van der Waals surface area contributed by atoms with Crippen molar-refractivity contribution in [3.63, 3.8) is 0 Å². The van der Waals surface area contributed by atoms with Crippen LogP contribution < -0.4 is 10.6 Å². The van der Waals surface area contributed by atoms with Gasteiger partial charge in [0.05, 0.1) is 0 Å². The van der Waals surface area contributed by atoms with E-state index in [1.54, 1.807) is 6.20 Å². The van der Waals surface area contributed by atoms with E-state index < -0.39 is 0 Å². The largest absolute Gasteiger partial charge is 0.323 e. The van der Waals surface area contributed by atoms with Crippen LogP contribution in [0.2, 0.25) is 0 Å². The van der Waals surface area contributed by atoms with Crippen LogP contribution in [0.3, 0.4) is 0 Å². The molecule has 0 bridgehead atoms. The SMILES string of the molecule is CC/C=C/NC(=O)Nc1cc(C)ccc1C. The molecule has 0 aromatic heterocycles. The van der Waals surface area contributed by atoms with Gasteiger partial charge in [0, 0.05) is 11.9 Å². The Hall–Kier alpha value is -1.77. The summed E-state index contributed by atoms with van der Waals surface area (Å²) in [6.45, 7) is 5.98. The number of benzene rings is 1. The van der Waals surface area contributed by atoms with Gasteiger partial charge in [-0.25, -0.2) is 4.79 Å². The third-order valence-corrected chi connectivity index (χ3v) is 2.21. The molecule has 86 valence electrons. The van der Waals surface area contributed by atoms with Gasteiger partial charge >= 0.3 is 6.03 Å². The predicted octanol–water partition coefficient (Wildman–Crippen LogP) is 3.35. The highest BCUT2D eigenvalue weighted by Crippen LogP contribution is 2.15. The van der Waals surface area contributed by atoms with Gasteiger partial charge in [0.25, 0.3) is 0 Å². The quantitative estimate of drug-likeness (QED) is 0.802. The average Bonchev–Trinajstić information content (AvgIpc) is 2.24. The molecule has 1 aromatic carbocycles. The lowest BCUT2D eigenvalue weighted by Gasteiger charge is -2.08. The highest BCUT2D eigenvalue weighted by Gasteiger charge is 2.02. The fourth-order valence-electron chi connectivity index (χ4n) is 1.28. The van der Waals surface area contributed by atoms with Crippen LogP contribution in [0.5, 0.6) is 0 Å². The van der Waals surface area contributed by atoms with Crippen molar-refractivity contribution in [2.75, 3.05) is 5.32 Å². The number of carbonyl (C=O) groups excluding carboxylic acids is 1. The summed E-state index contributed by atoms with van der Waals surface area (Å²) in [5.74, 6) is 0. The lowest BCUT2D eigenvalue weighted by molar-refractivity contribution is 0.255. The van der Waals surface area contributed by atoms with Gasteiger partial charge < -0.3 is 10.6 Å². The Labute approximate surface area is 96.6 Å². The average molecular weight is 218 g/mol. The zero-order chi connectivity index (χ0) is 12.0. The molecule has 3 heteroatoms. The van der Waals surface area contributed by atoms with E-state index in [9.17, 15) is 4.79 Å². The Morgan fingerprint density at radius 3 is 2.81 bits per heavy atom. The first-order valence-corrected chi connectivity index (χ1v) is 5.43. The highest BCUT2D eigenvalue weighted by atomic mass is 16.2. The van der Waals surface area contributed by atoms with Crippen molar-refractivity contribution in [3.05, 3.63) is 41.6 Å². The van der Waals surface area contributed by atoms with E-state index in [-0.39, 0.29) is 6.03 Å². The zero-order valence-corrected chi connectivity index (χ0v) is 10.0. The van der Waals surface area contributed by atoms with Crippen LogP contribution >= 0.6 is 0 Å². The minimum Gasteiger partial charge on any atom is -0.315 e. The first kappa shape index (κ1) is 12.3. The van der Waals surface area contributed by atoms with Crippen molar-refractivity contribution >= 4 is 11.7 Å².